The van der Waals surface area contributed by atoms with Crippen molar-refractivity contribution in [3.8, 4) is 0 Å². The summed E-state index contributed by atoms with van der Waals surface area (Å²) in [5, 5.41) is 19.6. The van der Waals surface area contributed by atoms with Gasteiger partial charge < -0.3 is 15.9 Å². The van der Waals surface area contributed by atoms with Crippen LogP contribution in [0.1, 0.15) is 40.5 Å². The number of hydrogen-bond donors (Lipinski definition) is 1. The van der Waals surface area contributed by atoms with Crippen LogP contribution in [-0.4, -0.2) is 58.2 Å². The van der Waals surface area contributed by atoms with Gasteiger partial charge in [-0.15, -0.1) is 0 Å². The van der Waals surface area contributed by atoms with Gasteiger partial charge in [0.05, 0.1) is 0 Å². The van der Waals surface area contributed by atoms with Crippen molar-refractivity contribution in [3.63, 3.8) is 0 Å². The van der Waals surface area contributed by atoms with Gasteiger partial charge >= 0.3 is 41.8 Å². The van der Waals surface area contributed by atoms with E-state index in [0.717, 1.165) is 12.8 Å². The Balaban J connectivity index is -0.000000492. The molecule has 1 aliphatic heterocycles. The number of alkyl halides is 12. The van der Waals surface area contributed by atoms with Crippen LogP contribution >= 0.6 is 0 Å². The van der Waals surface area contributed by atoms with E-state index in [4.69, 9.17) is 5.73 Å². The van der Waals surface area contributed by atoms with Gasteiger partial charge in [0.2, 0.25) is 11.1 Å². The van der Waals surface area contributed by atoms with E-state index in [1.165, 1.54) is 4.76 Å². The first-order valence-corrected chi connectivity index (χ1v) is 9.73. The number of carbonyl (C=O) groups excluding carboxylic acids is 2. The predicted molar refractivity (Wildman–Crippen MR) is 99.4 cm³/mol. The molecule has 0 atom stereocenters. The number of hydrogen-bond acceptors (Lipinski definition) is 6. The van der Waals surface area contributed by atoms with Crippen LogP contribution in [0.4, 0.5) is 52.7 Å². The van der Waals surface area contributed by atoms with Crippen LogP contribution in [0, 0.1) is 4.91 Å². The van der Waals surface area contributed by atoms with Crippen molar-refractivity contribution in [3.05, 3.63) is 28.6 Å². The van der Waals surface area contributed by atoms with Crippen molar-refractivity contribution in [2.45, 2.75) is 82.4 Å². The van der Waals surface area contributed by atoms with Crippen molar-refractivity contribution in [2.24, 2.45) is 5.73 Å². The SMILES string of the molecule is CC1(C)CC(N)CC(C)(C)[N+]1=O.O=C(/C=C(\[O-])C(F)(F)F)C(F)(F)F.O=C(/C=C(\[O-])C(F)(F)F)C(F)(F)F.[Cu+2]. The zero-order valence-electron chi connectivity index (χ0n) is 20.0. The molecule has 1 rings (SSSR count). The molecule has 2 N–H and O–H groups in total. The van der Waals surface area contributed by atoms with Crippen molar-refractivity contribution in [2.75, 3.05) is 0 Å². The van der Waals surface area contributed by atoms with E-state index in [1.54, 1.807) is 0 Å². The average molecular weight is 649 g/mol. The molecule has 0 amide bonds. The molecule has 231 valence electrons. The third kappa shape index (κ3) is 15.1. The van der Waals surface area contributed by atoms with Gasteiger partial charge in [-0.3, -0.25) is 9.59 Å². The number of nitroso groups, excluding NO2 is 1. The maximum absolute atomic E-state index is 11.8. The van der Waals surface area contributed by atoms with E-state index in [9.17, 15) is 77.4 Å². The fraction of sp³-hybridized carbons (Fsp3) is 0.684. The molecule has 0 aromatic rings. The van der Waals surface area contributed by atoms with Crippen LogP contribution < -0.4 is 15.9 Å². The van der Waals surface area contributed by atoms with Crippen molar-refractivity contribution >= 4 is 11.6 Å². The fourth-order valence-corrected chi connectivity index (χ4v) is 2.91. The minimum Gasteiger partial charge on any atom is -0.869 e. The van der Waals surface area contributed by atoms with E-state index in [-0.39, 0.29) is 34.2 Å². The Morgan fingerprint density at radius 1 is 0.692 bits per heavy atom. The van der Waals surface area contributed by atoms with Crippen LogP contribution in [0.15, 0.2) is 23.7 Å². The maximum Gasteiger partial charge on any atom is 2.00 e. The predicted octanol–water partition coefficient (Wildman–Crippen LogP) is 3.29. The molecule has 1 radical (unpaired) electrons. The molecule has 1 fully saturated rings. The molecule has 1 aliphatic rings. The van der Waals surface area contributed by atoms with Gasteiger partial charge in [0.15, 0.2) is 0 Å². The van der Waals surface area contributed by atoms with Gasteiger partial charge in [0.25, 0.3) is 11.6 Å². The number of nitrogens with two attached hydrogens (primary N) is 1. The number of carbonyl (C=O) groups is 2. The third-order valence-corrected chi connectivity index (χ3v) is 4.26. The molecule has 0 bridgehead atoms. The number of halogens is 12. The molecule has 7 nitrogen and oxygen atoms in total. The Kier molecular flexibility index (Phi) is 14.6. The molecule has 1 saturated heterocycles. The molecule has 20 heteroatoms. The summed E-state index contributed by atoms with van der Waals surface area (Å²) in [6.07, 6.45) is -22.3. The second-order valence-electron chi connectivity index (χ2n) is 8.82. The van der Waals surface area contributed by atoms with Crippen LogP contribution in [0.2, 0.25) is 0 Å². The normalized spacial score (nSPS) is 18.5. The molecule has 0 unspecified atom stereocenters. The summed E-state index contributed by atoms with van der Waals surface area (Å²) in [4.78, 5) is 31.4. The molecular weight excluding hydrogens is 628 g/mol. The first-order valence-electron chi connectivity index (χ1n) is 9.73. The third-order valence-electron chi connectivity index (χ3n) is 4.26. The average Bonchev–Trinajstić information content (AvgIpc) is 2.63. The minimum atomic E-state index is -5.46. The van der Waals surface area contributed by atoms with Crippen molar-refractivity contribution in [1.82, 2.24) is 0 Å². The second-order valence-corrected chi connectivity index (χ2v) is 8.82. The van der Waals surface area contributed by atoms with E-state index in [1.807, 2.05) is 27.7 Å². The number of allylic oxidation sites excluding steroid dienone is 4. The van der Waals surface area contributed by atoms with E-state index in [2.05, 4.69) is 0 Å². The Bertz CT molecular complexity index is 861. The number of rotatable bonds is 2. The summed E-state index contributed by atoms with van der Waals surface area (Å²) < 4.78 is 137. The van der Waals surface area contributed by atoms with E-state index < -0.39 is 59.9 Å². The van der Waals surface area contributed by atoms with Crippen LogP contribution in [0.25, 0.3) is 0 Å². The van der Waals surface area contributed by atoms with Crippen LogP contribution in [-0.2, 0) is 26.7 Å². The minimum absolute atomic E-state index is 0. The largest absolute Gasteiger partial charge is 2.00 e. The number of piperidine rings is 1. The zero-order valence-corrected chi connectivity index (χ0v) is 21.0. The standard InChI is InChI=1S/C9H19N2O.2C5H2F6O2.Cu/c1-8(2)5-7(10)6-9(3,4)11(8)12;2*6-4(7,8)2(12)1-3(13)5(9,10)11;/h7H,5-6,10H2,1-4H3;2*1,12H;/q+1;;;+2/p-2/b;2*2-1-;. The van der Waals surface area contributed by atoms with Gasteiger partial charge in [-0.05, 0) is 23.7 Å². The molecule has 0 aromatic heterocycles. The van der Waals surface area contributed by atoms with Crippen LogP contribution in [0.5, 0.6) is 0 Å². The Labute approximate surface area is 223 Å². The molecule has 0 spiro atoms. The van der Waals surface area contributed by atoms with Gasteiger partial charge in [-0.1, -0.05) is 0 Å². The first-order chi connectivity index (χ1) is 16.4. The Morgan fingerprint density at radius 2 is 0.923 bits per heavy atom. The van der Waals surface area contributed by atoms with Crippen molar-refractivity contribution in [1.29, 1.82) is 0 Å². The summed E-state index contributed by atoms with van der Waals surface area (Å²) in [6.45, 7) is 7.84. The summed E-state index contributed by atoms with van der Waals surface area (Å²) >= 11 is 0. The van der Waals surface area contributed by atoms with Crippen LogP contribution in [0.3, 0.4) is 0 Å². The molecule has 39 heavy (non-hydrogen) atoms. The molecular formula is C19H21CuF12N2O5+. The summed E-state index contributed by atoms with van der Waals surface area (Å²) in [6, 6.07) is 0.167. The van der Waals surface area contributed by atoms with Gasteiger partial charge in [-0.25, -0.2) is 0 Å². The van der Waals surface area contributed by atoms with Gasteiger partial charge in [0.1, 0.15) is 0 Å². The molecule has 0 aliphatic carbocycles. The van der Waals surface area contributed by atoms with Gasteiger partial charge in [0, 0.05) is 56.2 Å². The molecule has 0 aromatic carbocycles. The number of nitrogens with zero attached hydrogens (tertiary/aromatic N) is 1. The maximum atomic E-state index is 11.8. The van der Waals surface area contributed by atoms with E-state index in [0.29, 0.717) is 0 Å². The summed E-state index contributed by atoms with van der Waals surface area (Å²) in [7, 11) is 0. The Hall–Kier alpha value is -2.34. The fourth-order valence-electron chi connectivity index (χ4n) is 2.91. The van der Waals surface area contributed by atoms with Crippen molar-refractivity contribution < 1.29 is 94.3 Å². The topological polar surface area (TPSA) is 126 Å². The molecule has 0 saturated carbocycles. The first kappa shape index (κ1) is 41.1. The second kappa shape index (κ2) is 13.8. The Morgan fingerprint density at radius 3 is 1.10 bits per heavy atom. The van der Waals surface area contributed by atoms with E-state index >= 15 is 0 Å². The monoisotopic (exact) mass is 648 g/mol. The number of ketones is 2. The summed E-state index contributed by atoms with van der Waals surface area (Å²) in [5.74, 6) is -11.3. The quantitative estimate of drug-likeness (QED) is 0.161. The smallest absolute Gasteiger partial charge is 0.869 e. The van der Waals surface area contributed by atoms with Gasteiger partial charge in [-0.2, -0.15) is 52.7 Å². The summed E-state index contributed by atoms with van der Waals surface area (Å²) in [5.41, 5.74) is 5.27. The molecule has 1 heterocycles. The zero-order chi connectivity index (χ0) is 31.3.